The van der Waals surface area contributed by atoms with E-state index in [2.05, 4.69) is 18.3 Å². The van der Waals surface area contributed by atoms with Crippen LogP contribution in [0.2, 0.25) is 5.02 Å². The van der Waals surface area contributed by atoms with Gasteiger partial charge in [-0.3, -0.25) is 0 Å². The van der Waals surface area contributed by atoms with E-state index in [-0.39, 0.29) is 11.6 Å². The fourth-order valence-corrected chi connectivity index (χ4v) is 3.72. The lowest BCUT2D eigenvalue weighted by Crippen LogP contribution is -2.33. The molecule has 2 aliphatic rings. The molecule has 0 radical (unpaired) electrons. The van der Waals surface area contributed by atoms with Gasteiger partial charge < -0.3 is 14.8 Å². The van der Waals surface area contributed by atoms with E-state index in [0.29, 0.717) is 10.8 Å². The molecule has 1 aromatic rings. The van der Waals surface area contributed by atoms with Crippen LogP contribution in [0.1, 0.15) is 51.0 Å². The Hall–Kier alpha value is -0.930. The Morgan fingerprint density at radius 3 is 2.62 bits per heavy atom. The van der Waals surface area contributed by atoms with E-state index in [1.165, 1.54) is 24.8 Å². The van der Waals surface area contributed by atoms with Crippen LogP contribution in [0, 0.1) is 0 Å². The minimum atomic E-state index is -0.0111. The summed E-state index contributed by atoms with van der Waals surface area (Å²) in [6, 6.07) is 4.11. The molecule has 0 spiro atoms. The highest BCUT2D eigenvalue weighted by atomic mass is 35.5. The Bertz CT molecular complexity index is 506. The van der Waals surface area contributed by atoms with Gasteiger partial charge in [-0.15, -0.1) is 0 Å². The maximum absolute atomic E-state index is 6.50. The second-order valence-electron chi connectivity index (χ2n) is 6.38. The van der Waals surface area contributed by atoms with Crippen molar-refractivity contribution in [3.8, 4) is 11.5 Å². The molecule has 3 nitrogen and oxygen atoms in total. The maximum atomic E-state index is 6.50. The molecule has 4 heteroatoms. The summed E-state index contributed by atoms with van der Waals surface area (Å²) in [5.74, 6) is 1.45. The first-order valence-electron chi connectivity index (χ1n) is 7.92. The van der Waals surface area contributed by atoms with Crippen LogP contribution in [0.25, 0.3) is 0 Å². The molecule has 1 unspecified atom stereocenters. The highest BCUT2D eigenvalue weighted by Gasteiger charge is 2.32. The van der Waals surface area contributed by atoms with Crippen molar-refractivity contribution in [2.45, 2.75) is 57.1 Å². The molecule has 1 atom stereocenters. The van der Waals surface area contributed by atoms with E-state index in [1.54, 1.807) is 7.11 Å². The molecule has 1 aliphatic heterocycles. The Labute approximate surface area is 132 Å². The molecular weight excluding hydrogens is 286 g/mol. The van der Waals surface area contributed by atoms with Crippen LogP contribution < -0.4 is 14.8 Å². The average molecular weight is 310 g/mol. The lowest BCUT2D eigenvalue weighted by atomic mass is 9.90. The Morgan fingerprint density at radius 2 is 2.00 bits per heavy atom. The van der Waals surface area contributed by atoms with Crippen LogP contribution >= 0.6 is 11.6 Å². The van der Waals surface area contributed by atoms with E-state index in [0.717, 1.165) is 31.6 Å². The third-order valence-electron chi connectivity index (χ3n) is 4.82. The van der Waals surface area contributed by atoms with E-state index >= 15 is 0 Å². The van der Waals surface area contributed by atoms with E-state index in [1.807, 2.05) is 6.07 Å². The molecule has 1 N–H and O–H groups in total. The van der Waals surface area contributed by atoms with Crippen molar-refractivity contribution in [1.29, 1.82) is 0 Å². The van der Waals surface area contributed by atoms with Crippen LogP contribution in [-0.4, -0.2) is 19.8 Å². The van der Waals surface area contributed by atoms with Gasteiger partial charge in [-0.2, -0.15) is 0 Å². The van der Waals surface area contributed by atoms with Gasteiger partial charge in [0.25, 0.3) is 0 Å². The number of methoxy groups -OCH3 is 1. The Balaban J connectivity index is 1.90. The predicted octanol–water partition coefficient (Wildman–Crippen LogP) is 4.27. The summed E-state index contributed by atoms with van der Waals surface area (Å²) in [5.41, 5.74) is 1.17. The number of rotatable bonds is 4. The molecule has 1 heterocycles. The topological polar surface area (TPSA) is 30.5 Å². The van der Waals surface area contributed by atoms with Crippen molar-refractivity contribution in [2.75, 3.05) is 13.7 Å². The largest absolute Gasteiger partial charge is 0.493 e. The smallest absolute Gasteiger partial charge is 0.180 e. The van der Waals surface area contributed by atoms with Gasteiger partial charge in [0.05, 0.1) is 18.2 Å². The van der Waals surface area contributed by atoms with Crippen LogP contribution in [-0.2, 0) is 5.54 Å². The standard InChI is InChI=1S/C17H24ClNO2/c1-17(8-5-9-19-17)12-10-14(18)16(15(11-12)20-2)21-13-6-3-4-7-13/h10-11,13,19H,3-9H2,1-2H3. The second kappa shape index (κ2) is 6.05. The molecule has 1 saturated carbocycles. The normalized spacial score (nSPS) is 26.2. The average Bonchev–Trinajstić information content (AvgIpc) is 3.13. The van der Waals surface area contributed by atoms with Crippen molar-refractivity contribution in [2.24, 2.45) is 0 Å². The maximum Gasteiger partial charge on any atom is 0.180 e. The summed E-state index contributed by atoms with van der Waals surface area (Å²) in [6.07, 6.45) is 7.30. The number of hydrogen-bond donors (Lipinski definition) is 1. The third-order valence-corrected chi connectivity index (χ3v) is 5.10. The monoisotopic (exact) mass is 309 g/mol. The first kappa shape index (κ1) is 15.0. The van der Waals surface area contributed by atoms with Gasteiger partial charge in [-0.25, -0.2) is 0 Å². The minimum absolute atomic E-state index is 0.0111. The molecule has 0 aromatic heterocycles. The number of benzene rings is 1. The second-order valence-corrected chi connectivity index (χ2v) is 6.78. The fourth-order valence-electron chi connectivity index (χ4n) is 3.47. The van der Waals surface area contributed by atoms with Crippen LogP contribution in [0.4, 0.5) is 0 Å². The van der Waals surface area contributed by atoms with Gasteiger partial charge in [-0.1, -0.05) is 11.6 Å². The lowest BCUT2D eigenvalue weighted by molar-refractivity contribution is 0.200. The van der Waals surface area contributed by atoms with Gasteiger partial charge in [-0.05, 0) is 69.7 Å². The molecular formula is C17H24ClNO2. The van der Waals surface area contributed by atoms with Crippen molar-refractivity contribution in [3.63, 3.8) is 0 Å². The first-order chi connectivity index (χ1) is 10.1. The fraction of sp³-hybridized carbons (Fsp3) is 0.647. The zero-order valence-corrected chi connectivity index (χ0v) is 13.6. The summed E-state index contributed by atoms with van der Waals surface area (Å²) in [4.78, 5) is 0. The van der Waals surface area contributed by atoms with Crippen LogP contribution in [0.5, 0.6) is 11.5 Å². The van der Waals surface area contributed by atoms with Crippen molar-refractivity contribution in [1.82, 2.24) is 5.32 Å². The molecule has 1 aliphatic carbocycles. The zero-order chi connectivity index (χ0) is 14.9. The molecule has 21 heavy (non-hydrogen) atoms. The van der Waals surface area contributed by atoms with Gasteiger partial charge >= 0.3 is 0 Å². The number of hydrogen-bond acceptors (Lipinski definition) is 3. The van der Waals surface area contributed by atoms with Gasteiger partial charge in [0.2, 0.25) is 0 Å². The molecule has 1 saturated heterocycles. The molecule has 116 valence electrons. The Morgan fingerprint density at radius 1 is 1.24 bits per heavy atom. The van der Waals surface area contributed by atoms with Crippen LogP contribution in [0.3, 0.4) is 0 Å². The third kappa shape index (κ3) is 3.00. The SMILES string of the molecule is COc1cc(C2(C)CCCN2)cc(Cl)c1OC1CCCC1. The molecule has 0 bridgehead atoms. The number of ether oxygens (including phenoxy) is 2. The minimum Gasteiger partial charge on any atom is -0.493 e. The number of halogens is 1. The Kier molecular flexibility index (Phi) is 4.32. The predicted molar refractivity (Wildman–Crippen MR) is 85.5 cm³/mol. The molecule has 0 amide bonds. The van der Waals surface area contributed by atoms with E-state index in [9.17, 15) is 0 Å². The molecule has 3 rings (SSSR count). The zero-order valence-electron chi connectivity index (χ0n) is 12.9. The van der Waals surface area contributed by atoms with E-state index < -0.39 is 0 Å². The summed E-state index contributed by atoms with van der Waals surface area (Å²) in [7, 11) is 1.68. The highest BCUT2D eigenvalue weighted by molar-refractivity contribution is 6.32. The first-order valence-corrected chi connectivity index (χ1v) is 8.30. The van der Waals surface area contributed by atoms with Gasteiger partial charge in [0, 0.05) is 5.54 Å². The molecule has 1 aromatic carbocycles. The quantitative estimate of drug-likeness (QED) is 0.901. The van der Waals surface area contributed by atoms with Crippen molar-refractivity contribution < 1.29 is 9.47 Å². The highest BCUT2D eigenvalue weighted by Crippen LogP contribution is 2.42. The van der Waals surface area contributed by atoms with Crippen molar-refractivity contribution in [3.05, 3.63) is 22.7 Å². The van der Waals surface area contributed by atoms with E-state index in [4.69, 9.17) is 21.1 Å². The van der Waals surface area contributed by atoms with Gasteiger partial charge in [0.15, 0.2) is 11.5 Å². The number of nitrogens with one attached hydrogen (secondary N) is 1. The summed E-state index contributed by atoms with van der Waals surface area (Å²) < 4.78 is 11.6. The molecule has 2 fully saturated rings. The van der Waals surface area contributed by atoms with Crippen molar-refractivity contribution >= 4 is 11.6 Å². The lowest BCUT2D eigenvalue weighted by Gasteiger charge is -2.27. The van der Waals surface area contributed by atoms with Gasteiger partial charge in [0.1, 0.15) is 0 Å². The summed E-state index contributed by atoms with van der Waals surface area (Å²) >= 11 is 6.50. The van der Waals surface area contributed by atoms with Crippen LogP contribution in [0.15, 0.2) is 12.1 Å². The summed E-state index contributed by atoms with van der Waals surface area (Å²) in [6.45, 7) is 3.28. The summed E-state index contributed by atoms with van der Waals surface area (Å²) in [5, 5.41) is 4.22.